The second kappa shape index (κ2) is 6.44. The number of ether oxygens (including phenoxy) is 1. The van der Waals surface area contributed by atoms with Crippen molar-refractivity contribution in [2.24, 2.45) is 0 Å². The Morgan fingerprint density at radius 3 is 2.72 bits per heavy atom. The van der Waals surface area contributed by atoms with Crippen molar-refractivity contribution in [1.82, 2.24) is 5.32 Å². The van der Waals surface area contributed by atoms with E-state index in [-0.39, 0.29) is 6.10 Å². The van der Waals surface area contributed by atoms with E-state index in [1.165, 1.54) is 31.2 Å². The van der Waals surface area contributed by atoms with Gasteiger partial charge in [-0.3, -0.25) is 0 Å². The van der Waals surface area contributed by atoms with Crippen molar-refractivity contribution in [2.75, 3.05) is 7.05 Å². The van der Waals surface area contributed by atoms with Gasteiger partial charge in [0.15, 0.2) is 0 Å². The van der Waals surface area contributed by atoms with Crippen molar-refractivity contribution in [3.63, 3.8) is 0 Å². The Morgan fingerprint density at radius 2 is 2.00 bits per heavy atom. The van der Waals surface area contributed by atoms with E-state index in [2.05, 4.69) is 5.32 Å². The van der Waals surface area contributed by atoms with E-state index < -0.39 is 0 Å². The van der Waals surface area contributed by atoms with Gasteiger partial charge in [-0.25, -0.2) is 0 Å². The largest absolute Gasteiger partial charge is 0.487 e. The van der Waals surface area contributed by atoms with Gasteiger partial charge >= 0.3 is 0 Å². The summed E-state index contributed by atoms with van der Waals surface area (Å²) < 4.78 is 6.13. The second-order valence-electron chi connectivity index (χ2n) is 5.12. The van der Waals surface area contributed by atoms with E-state index in [4.69, 9.17) is 16.3 Å². The Balaban J connectivity index is 2.10. The SMILES string of the molecule is CNC1CCCCCC1Oc1ccc(C)cc1Cl. The third-order valence-corrected chi connectivity index (χ3v) is 3.98. The molecule has 0 saturated heterocycles. The van der Waals surface area contributed by atoms with Crippen LogP contribution < -0.4 is 10.1 Å². The number of benzene rings is 1. The lowest BCUT2D eigenvalue weighted by Gasteiger charge is -2.26. The minimum Gasteiger partial charge on any atom is -0.487 e. The quantitative estimate of drug-likeness (QED) is 0.838. The summed E-state index contributed by atoms with van der Waals surface area (Å²) in [7, 11) is 2.02. The van der Waals surface area contributed by atoms with Crippen LogP contribution in [0.4, 0.5) is 0 Å². The summed E-state index contributed by atoms with van der Waals surface area (Å²) >= 11 is 6.24. The first-order valence-corrected chi connectivity index (χ1v) is 7.18. The maximum atomic E-state index is 6.24. The first kappa shape index (κ1) is 13.7. The lowest BCUT2D eigenvalue weighted by atomic mass is 10.1. The number of halogens is 1. The van der Waals surface area contributed by atoms with Crippen LogP contribution in [0, 0.1) is 6.92 Å². The first-order valence-electron chi connectivity index (χ1n) is 6.81. The number of hydrogen-bond acceptors (Lipinski definition) is 2. The fourth-order valence-corrected chi connectivity index (χ4v) is 2.89. The van der Waals surface area contributed by atoms with Crippen molar-refractivity contribution in [3.05, 3.63) is 28.8 Å². The molecule has 1 aromatic rings. The molecule has 2 nitrogen and oxygen atoms in total. The fourth-order valence-electron chi connectivity index (χ4n) is 2.61. The number of nitrogens with one attached hydrogen (secondary N) is 1. The average Bonchev–Trinajstić information content (AvgIpc) is 2.57. The predicted molar refractivity (Wildman–Crippen MR) is 76.5 cm³/mol. The summed E-state index contributed by atoms with van der Waals surface area (Å²) in [4.78, 5) is 0. The molecule has 1 N–H and O–H groups in total. The molecular weight excluding hydrogens is 246 g/mol. The van der Waals surface area contributed by atoms with Gasteiger partial charge in [0, 0.05) is 6.04 Å². The Labute approximate surface area is 115 Å². The van der Waals surface area contributed by atoms with E-state index in [0.717, 1.165) is 12.2 Å². The Hall–Kier alpha value is -0.730. The summed E-state index contributed by atoms with van der Waals surface area (Å²) in [5.41, 5.74) is 1.17. The number of rotatable bonds is 3. The highest BCUT2D eigenvalue weighted by Crippen LogP contribution is 2.29. The van der Waals surface area contributed by atoms with E-state index in [9.17, 15) is 0 Å². The maximum Gasteiger partial charge on any atom is 0.138 e. The van der Waals surface area contributed by atoms with Gasteiger partial charge in [-0.2, -0.15) is 0 Å². The van der Waals surface area contributed by atoms with Crippen molar-refractivity contribution in [3.8, 4) is 5.75 Å². The summed E-state index contributed by atoms with van der Waals surface area (Å²) in [6, 6.07) is 6.42. The summed E-state index contributed by atoms with van der Waals surface area (Å²) in [5.74, 6) is 0.814. The lowest BCUT2D eigenvalue weighted by Crippen LogP contribution is -2.40. The molecular formula is C15H22ClNO. The van der Waals surface area contributed by atoms with Crippen molar-refractivity contribution in [1.29, 1.82) is 0 Å². The van der Waals surface area contributed by atoms with Crippen LogP contribution in [-0.4, -0.2) is 19.2 Å². The number of likely N-dealkylation sites (N-methyl/N-ethyl adjacent to an activating group) is 1. The van der Waals surface area contributed by atoms with Crippen LogP contribution >= 0.6 is 11.6 Å². The minimum atomic E-state index is 0.234. The van der Waals surface area contributed by atoms with Gasteiger partial charge in [-0.15, -0.1) is 0 Å². The zero-order chi connectivity index (χ0) is 13.0. The summed E-state index contributed by atoms with van der Waals surface area (Å²) in [6.45, 7) is 2.04. The average molecular weight is 268 g/mol. The molecule has 1 fully saturated rings. The lowest BCUT2D eigenvalue weighted by molar-refractivity contribution is 0.149. The Bertz CT molecular complexity index is 394. The normalized spacial score (nSPS) is 24.6. The molecule has 0 aromatic heterocycles. The molecule has 18 heavy (non-hydrogen) atoms. The van der Waals surface area contributed by atoms with E-state index in [1.54, 1.807) is 0 Å². The van der Waals surface area contributed by atoms with Crippen LogP contribution in [0.2, 0.25) is 5.02 Å². The highest BCUT2D eigenvalue weighted by atomic mass is 35.5. The summed E-state index contributed by atoms with van der Waals surface area (Å²) in [6.07, 6.45) is 6.36. The highest BCUT2D eigenvalue weighted by Gasteiger charge is 2.24. The molecule has 100 valence electrons. The van der Waals surface area contributed by atoms with E-state index in [1.807, 2.05) is 32.2 Å². The monoisotopic (exact) mass is 267 g/mol. The molecule has 0 heterocycles. The molecule has 0 amide bonds. The van der Waals surface area contributed by atoms with Gasteiger partial charge in [-0.05, 0) is 50.9 Å². The molecule has 1 aliphatic rings. The van der Waals surface area contributed by atoms with E-state index >= 15 is 0 Å². The van der Waals surface area contributed by atoms with E-state index in [0.29, 0.717) is 11.1 Å². The molecule has 2 atom stereocenters. The third kappa shape index (κ3) is 3.39. The predicted octanol–water partition coefficient (Wildman–Crippen LogP) is 3.95. The standard InChI is InChI=1S/C15H22ClNO/c1-11-8-9-14(12(16)10-11)18-15-7-5-3-4-6-13(15)17-2/h8-10,13,15,17H,3-7H2,1-2H3. The van der Waals surface area contributed by atoms with Crippen LogP contribution in [0.5, 0.6) is 5.75 Å². The van der Waals surface area contributed by atoms with Gasteiger partial charge < -0.3 is 10.1 Å². The van der Waals surface area contributed by atoms with Crippen molar-refractivity contribution < 1.29 is 4.74 Å². The minimum absolute atomic E-state index is 0.234. The molecule has 2 rings (SSSR count). The molecule has 0 bridgehead atoms. The van der Waals surface area contributed by atoms with Gasteiger partial charge in [0.05, 0.1) is 5.02 Å². The zero-order valence-corrected chi connectivity index (χ0v) is 12.0. The van der Waals surface area contributed by atoms with Crippen LogP contribution in [0.3, 0.4) is 0 Å². The van der Waals surface area contributed by atoms with Gasteiger partial charge in [0.25, 0.3) is 0 Å². The number of hydrogen-bond donors (Lipinski definition) is 1. The topological polar surface area (TPSA) is 21.3 Å². The molecule has 3 heteroatoms. The van der Waals surface area contributed by atoms with Crippen LogP contribution in [-0.2, 0) is 0 Å². The third-order valence-electron chi connectivity index (χ3n) is 3.69. The van der Waals surface area contributed by atoms with Gasteiger partial charge in [0.2, 0.25) is 0 Å². The van der Waals surface area contributed by atoms with Crippen LogP contribution in [0.25, 0.3) is 0 Å². The smallest absolute Gasteiger partial charge is 0.138 e. The van der Waals surface area contributed by atoms with Crippen molar-refractivity contribution in [2.45, 2.75) is 51.2 Å². The summed E-state index contributed by atoms with van der Waals surface area (Å²) in [5, 5.41) is 4.09. The highest BCUT2D eigenvalue weighted by molar-refractivity contribution is 6.32. The molecule has 1 aromatic carbocycles. The molecule has 2 unspecified atom stereocenters. The van der Waals surface area contributed by atoms with Crippen molar-refractivity contribution >= 4 is 11.6 Å². The molecule has 1 aliphatic carbocycles. The van der Waals surface area contributed by atoms with Gasteiger partial charge in [-0.1, -0.05) is 30.5 Å². The molecule has 0 aliphatic heterocycles. The molecule has 0 radical (unpaired) electrons. The van der Waals surface area contributed by atoms with Crippen LogP contribution in [0.15, 0.2) is 18.2 Å². The maximum absolute atomic E-state index is 6.24. The number of aryl methyl sites for hydroxylation is 1. The Kier molecular flexibility index (Phi) is 4.90. The fraction of sp³-hybridized carbons (Fsp3) is 0.600. The van der Waals surface area contributed by atoms with Crippen LogP contribution in [0.1, 0.15) is 37.7 Å². The first-order chi connectivity index (χ1) is 8.70. The molecule has 1 saturated carbocycles. The van der Waals surface area contributed by atoms with Gasteiger partial charge in [0.1, 0.15) is 11.9 Å². The second-order valence-corrected chi connectivity index (χ2v) is 5.53. The zero-order valence-electron chi connectivity index (χ0n) is 11.2. The Morgan fingerprint density at radius 1 is 1.22 bits per heavy atom. The molecule has 0 spiro atoms.